The summed E-state index contributed by atoms with van der Waals surface area (Å²) in [5.41, 5.74) is -5.67. The van der Waals surface area contributed by atoms with Crippen LogP contribution in [0.3, 0.4) is 0 Å². The van der Waals surface area contributed by atoms with Crippen molar-refractivity contribution in [1.82, 2.24) is 39.9 Å². The molecule has 32 heteroatoms. The molecule has 8 nitrogen and oxygen atoms in total. The van der Waals surface area contributed by atoms with E-state index in [0.717, 1.165) is 60.7 Å². The second-order valence-electron chi connectivity index (χ2n) is 18.8. The van der Waals surface area contributed by atoms with Gasteiger partial charge >= 0.3 is 35.4 Å². The van der Waals surface area contributed by atoms with Crippen molar-refractivity contribution in [3.63, 3.8) is 0 Å². The van der Waals surface area contributed by atoms with Gasteiger partial charge in [0.05, 0.1) is 0 Å². The molecule has 4 aromatic carbocycles. The van der Waals surface area contributed by atoms with Crippen LogP contribution in [0.25, 0.3) is 67.8 Å². The van der Waals surface area contributed by atoms with E-state index in [1.165, 1.54) is 47.3 Å². The molecule has 0 atom stereocenters. The SMILES string of the molecule is C1[Cl+]C[Cl+]1.FC(F)(F)c1cc(C(F)(F)F)c(-c2ccccn2)[n-]1.FC(F)(F)c1cc(C(F)(F)F)c(-c2ccccn2)[n-]1.Fc1c[c-]c(-c2ccccn2)c(F)c1.Fc1c[c-]c(-c2ccccn2)c(F)c1.Fc1c[c-]c(-c2ccccn2)c(F)c1.Fc1c[c-]c(-c2ccccn2)c(F)c1.[Ir].[Ir]. The van der Waals surface area contributed by atoms with Gasteiger partial charge in [-0.2, -0.15) is 52.7 Å². The van der Waals surface area contributed by atoms with E-state index in [9.17, 15) is 87.8 Å². The summed E-state index contributed by atoms with van der Waals surface area (Å²) in [6, 6.07) is 46.0. The molecule has 1 aliphatic rings. The van der Waals surface area contributed by atoms with Gasteiger partial charge in [0.1, 0.15) is 0 Å². The number of benzene rings is 4. The number of nitrogens with zero attached hydrogens (tertiary/aromatic N) is 8. The molecule has 0 bridgehead atoms. The van der Waals surface area contributed by atoms with Crippen LogP contribution in [0.15, 0.2) is 207 Å². The zero-order chi connectivity index (χ0) is 71.2. The Kier molecular flexibility index (Phi) is 30.8. The molecule has 0 unspecified atom stereocenters. The second kappa shape index (κ2) is 37.9. The quantitative estimate of drug-likeness (QED) is 0.0921. The summed E-state index contributed by atoms with van der Waals surface area (Å²) in [6.07, 6.45) is -11.2. The Morgan fingerprint density at radius 3 is 0.670 bits per heavy atom. The number of rotatable bonds is 6. The number of alkyl halides is 16. The number of pyridine rings is 6. The maximum Gasteiger partial charge on any atom is 0.415 e. The van der Waals surface area contributed by atoms with E-state index in [4.69, 9.17) is 0 Å². The molecular weight excluding hydrogens is 1760 g/mol. The predicted octanol–water partition coefficient (Wildman–Crippen LogP) is 18.9. The Balaban J connectivity index is 0.000000214. The minimum absolute atomic E-state index is 0. The van der Waals surface area contributed by atoms with Crippen molar-refractivity contribution in [2.45, 2.75) is 24.7 Å². The molecule has 2 radical (unpaired) electrons. The summed E-state index contributed by atoms with van der Waals surface area (Å²) in [6.45, 7) is 0. The van der Waals surface area contributed by atoms with Crippen LogP contribution in [0.4, 0.5) is 87.8 Å². The first-order valence-corrected chi connectivity index (χ1v) is 29.3. The molecule has 9 heterocycles. The van der Waals surface area contributed by atoms with E-state index in [1.54, 1.807) is 97.6 Å². The van der Waals surface area contributed by atoms with Crippen LogP contribution in [0, 0.1) is 92.4 Å². The number of hydrogen-bond acceptors (Lipinski definition) is 6. The van der Waals surface area contributed by atoms with Crippen LogP contribution < -0.4 is 9.97 Å². The molecule has 1 fully saturated rings. The van der Waals surface area contributed by atoms with Crippen molar-refractivity contribution in [3.8, 4) is 67.8 Å². The number of aromatic nitrogens is 8. The third kappa shape index (κ3) is 24.6. The minimum atomic E-state index is -4.94. The zero-order valence-corrected chi connectivity index (χ0v) is 55.9. The van der Waals surface area contributed by atoms with Crippen molar-refractivity contribution in [3.05, 3.63) is 300 Å². The van der Waals surface area contributed by atoms with Crippen molar-refractivity contribution >= 4 is 0 Å². The average molecular weight is 1800 g/mol. The van der Waals surface area contributed by atoms with E-state index in [0.29, 0.717) is 22.8 Å². The summed E-state index contributed by atoms with van der Waals surface area (Å²) < 4.78 is 254. The third-order valence-electron chi connectivity index (χ3n) is 11.9. The van der Waals surface area contributed by atoms with Crippen LogP contribution >= 0.6 is 0 Å². The molecule has 100 heavy (non-hydrogen) atoms. The van der Waals surface area contributed by atoms with Gasteiger partial charge in [-0.15, -0.1) is 48.5 Å². The zero-order valence-electron chi connectivity index (χ0n) is 49.6. The summed E-state index contributed by atoms with van der Waals surface area (Å²) in [7, 11) is 4.67. The van der Waals surface area contributed by atoms with Crippen LogP contribution in [0.1, 0.15) is 22.5 Å². The topological polar surface area (TPSA) is 106 Å². The molecule has 0 N–H and O–H groups in total. The molecule has 0 aliphatic carbocycles. The first-order chi connectivity index (χ1) is 46.5. The normalized spacial score (nSPS) is 11.5. The molecule has 0 amide bonds. The molecule has 12 aromatic rings. The van der Waals surface area contributed by atoms with Crippen LogP contribution in [-0.2, 0) is 64.9 Å². The third-order valence-corrected chi connectivity index (χ3v) is 14.2. The first-order valence-electron chi connectivity index (χ1n) is 27.1. The smallest absolute Gasteiger partial charge is 0.415 e. The van der Waals surface area contributed by atoms with Gasteiger partial charge in [-0.05, 0) is 71.3 Å². The Morgan fingerprint density at radius 2 is 0.510 bits per heavy atom. The molecule has 1 saturated heterocycles. The van der Waals surface area contributed by atoms with Crippen molar-refractivity contribution < 1.29 is 150 Å². The predicted molar refractivity (Wildman–Crippen MR) is 309 cm³/mol. The molecule has 13 rings (SSSR count). The Labute approximate surface area is 589 Å². The van der Waals surface area contributed by atoms with Crippen molar-refractivity contribution in [1.29, 1.82) is 0 Å². The molecule has 526 valence electrons. The van der Waals surface area contributed by atoms with Gasteiger partial charge in [0.2, 0.25) is 0 Å². The summed E-state index contributed by atoms with van der Waals surface area (Å²) in [5, 5.41) is 2.44. The van der Waals surface area contributed by atoms with Crippen LogP contribution in [-0.4, -0.2) is 40.6 Å². The molecule has 1 aliphatic heterocycles. The Morgan fingerprint density at radius 1 is 0.300 bits per heavy atom. The van der Waals surface area contributed by atoms with Gasteiger partial charge in [0, 0.05) is 146 Å². The van der Waals surface area contributed by atoms with E-state index >= 15 is 0 Å². The fraction of sp³-hybridized carbons (Fsp3) is 0.0882. The van der Waals surface area contributed by atoms with Gasteiger partial charge in [0.15, 0.2) is 0 Å². The first kappa shape index (κ1) is 81.5. The fourth-order valence-corrected chi connectivity index (χ4v) is 8.21. The van der Waals surface area contributed by atoms with E-state index in [2.05, 4.69) is 85.7 Å². The maximum atomic E-state index is 13.2. The van der Waals surface area contributed by atoms with Crippen molar-refractivity contribution in [2.75, 3.05) is 10.7 Å². The van der Waals surface area contributed by atoms with E-state index < -0.39 is 105 Å². The summed E-state index contributed by atoms with van der Waals surface area (Å²) in [5.74, 6) is -5.14. The average Bonchev–Trinajstić information content (AvgIpc) is 1.64. The summed E-state index contributed by atoms with van der Waals surface area (Å²) >= 11 is 0. The van der Waals surface area contributed by atoms with Crippen LogP contribution in [0.5, 0.6) is 0 Å². The monoisotopic (exact) mass is 1800 g/mol. The maximum absolute atomic E-state index is 13.2. The molecular formula is C68H38Cl2F20Ir2N8-4. The van der Waals surface area contributed by atoms with E-state index in [-0.39, 0.29) is 86.0 Å². The minimum Gasteiger partial charge on any atom is -0.652 e. The molecule has 0 saturated carbocycles. The number of hydrogen-bond donors (Lipinski definition) is 0. The van der Waals surface area contributed by atoms with Crippen molar-refractivity contribution in [2.24, 2.45) is 0 Å². The summed E-state index contributed by atoms with van der Waals surface area (Å²) in [4.78, 5) is 29.0. The number of halogens is 22. The van der Waals surface area contributed by atoms with Gasteiger partial charge in [-0.3, -0.25) is 45.1 Å². The van der Waals surface area contributed by atoms with Gasteiger partial charge < -0.3 is 29.9 Å². The van der Waals surface area contributed by atoms with Gasteiger partial charge in [-0.1, -0.05) is 142 Å². The van der Waals surface area contributed by atoms with Crippen LogP contribution in [0.2, 0.25) is 0 Å². The molecule has 0 spiro atoms. The van der Waals surface area contributed by atoms with Gasteiger partial charge in [-0.25, -0.2) is 0 Å². The standard InChI is InChI=1S/2C11H5F6N2.4C11H6F2N.C2H4Cl2.2Ir/c2*12-10(13,14)6-5-8(11(15,16)17)19-9(6)7-3-1-2-4-18-7;4*12-8-4-5-9(10(13)7-8)11-3-1-2-6-14-11;1-3-2-4-1;;/h2*1-5H;4*1-4,6-7H;1-2H2;;/q6*-1;+2;;. The van der Waals surface area contributed by atoms with Gasteiger partial charge in [0.25, 0.3) is 21.6 Å². The second-order valence-corrected chi connectivity index (χ2v) is 21.2. The Hall–Kier alpha value is -9.18. The van der Waals surface area contributed by atoms with E-state index in [1.807, 2.05) is 0 Å². The molecule has 8 aromatic heterocycles. The fourth-order valence-electron chi connectivity index (χ4n) is 7.63. The largest absolute Gasteiger partial charge is 0.652 e. The Bertz CT molecular complexity index is 3990.